The Balaban J connectivity index is 2.08. The monoisotopic (exact) mass is 490 g/mol. The quantitative estimate of drug-likeness (QED) is 0.163. The summed E-state index contributed by atoms with van der Waals surface area (Å²) < 4.78 is 0. The molecule has 5 unspecified atom stereocenters. The number of aromatic amines is 1. The van der Waals surface area contributed by atoms with Gasteiger partial charge in [-0.15, -0.1) is 0 Å². The van der Waals surface area contributed by atoms with Crippen molar-refractivity contribution in [1.29, 1.82) is 0 Å². The fourth-order valence-electron chi connectivity index (χ4n) is 3.34. The van der Waals surface area contributed by atoms with Crippen molar-refractivity contribution in [3.05, 3.63) is 36.0 Å². The molecule has 0 fully saturated rings. The molecular weight excluding hydrogens is 460 g/mol. The van der Waals surface area contributed by atoms with Crippen molar-refractivity contribution < 1.29 is 34.2 Å². The standard InChI is InChI=1S/C22H30N6O7/c1-10(22(34)35)26-20(32)16(8-17(24)30)27-21(33)18(11(2)29)28-19(31)14(23)7-12-9-25-15-6-4-3-5-13(12)15/h3-6,9-11,14,16,18,25,29H,7-8,23H2,1-2H3,(H2,24,30)(H,26,32)(H,27,33)(H,28,31)(H,34,35). The number of amides is 4. The van der Waals surface area contributed by atoms with Gasteiger partial charge in [-0.25, -0.2) is 0 Å². The van der Waals surface area contributed by atoms with E-state index >= 15 is 0 Å². The second-order valence-corrected chi connectivity index (χ2v) is 8.20. The van der Waals surface area contributed by atoms with Gasteiger partial charge in [0.2, 0.25) is 23.6 Å². The summed E-state index contributed by atoms with van der Waals surface area (Å²) >= 11 is 0. The molecule has 1 aromatic carbocycles. The first kappa shape index (κ1) is 27.3. The lowest BCUT2D eigenvalue weighted by Crippen LogP contribution is -2.60. The second-order valence-electron chi connectivity index (χ2n) is 8.20. The van der Waals surface area contributed by atoms with Gasteiger partial charge in [-0.2, -0.15) is 0 Å². The highest BCUT2D eigenvalue weighted by Crippen LogP contribution is 2.18. The molecule has 2 rings (SSSR count). The van der Waals surface area contributed by atoms with Crippen LogP contribution in [0.2, 0.25) is 0 Å². The van der Waals surface area contributed by atoms with E-state index in [1.54, 1.807) is 6.20 Å². The van der Waals surface area contributed by atoms with E-state index in [0.29, 0.717) is 0 Å². The van der Waals surface area contributed by atoms with Crippen LogP contribution in [-0.4, -0.2) is 75.1 Å². The molecule has 13 nitrogen and oxygen atoms in total. The van der Waals surface area contributed by atoms with Crippen LogP contribution in [0.25, 0.3) is 10.9 Å². The average Bonchev–Trinajstić information content (AvgIpc) is 3.18. The molecule has 0 aliphatic carbocycles. The number of hydrogen-bond donors (Lipinski definition) is 8. The zero-order valence-corrected chi connectivity index (χ0v) is 19.3. The maximum Gasteiger partial charge on any atom is 0.325 e. The van der Waals surface area contributed by atoms with Gasteiger partial charge in [-0.05, 0) is 31.9 Å². The van der Waals surface area contributed by atoms with Crippen LogP contribution in [0.5, 0.6) is 0 Å². The van der Waals surface area contributed by atoms with Crippen molar-refractivity contribution in [3.63, 3.8) is 0 Å². The van der Waals surface area contributed by atoms with Crippen molar-refractivity contribution in [3.8, 4) is 0 Å². The molecule has 4 amide bonds. The third-order valence-corrected chi connectivity index (χ3v) is 5.28. The first-order valence-corrected chi connectivity index (χ1v) is 10.8. The second kappa shape index (κ2) is 11.9. The van der Waals surface area contributed by atoms with Gasteiger partial charge in [0.15, 0.2) is 0 Å². The molecule has 1 aromatic heterocycles. The normalized spacial score (nSPS) is 15.3. The molecule has 0 bridgehead atoms. The van der Waals surface area contributed by atoms with Crippen LogP contribution in [0, 0.1) is 0 Å². The summed E-state index contributed by atoms with van der Waals surface area (Å²) in [6, 6.07) is 2.02. The number of carboxylic acids is 1. The molecule has 0 spiro atoms. The van der Waals surface area contributed by atoms with E-state index in [0.717, 1.165) is 16.5 Å². The number of aliphatic hydroxyl groups excluding tert-OH is 1. The van der Waals surface area contributed by atoms with E-state index in [9.17, 15) is 29.1 Å². The minimum atomic E-state index is -1.53. The van der Waals surface area contributed by atoms with Crippen LogP contribution in [-0.2, 0) is 30.4 Å². The highest BCUT2D eigenvalue weighted by Gasteiger charge is 2.32. The Morgan fingerprint density at radius 3 is 2.26 bits per heavy atom. The highest BCUT2D eigenvalue weighted by molar-refractivity contribution is 5.96. The minimum absolute atomic E-state index is 0.143. The number of H-pyrrole nitrogens is 1. The fraction of sp³-hybridized carbons (Fsp3) is 0.409. The Morgan fingerprint density at radius 1 is 1.00 bits per heavy atom. The Labute approximate surface area is 200 Å². The summed E-state index contributed by atoms with van der Waals surface area (Å²) in [6.45, 7) is 2.43. The first-order chi connectivity index (χ1) is 16.4. The average molecular weight is 491 g/mol. The Hall–Kier alpha value is -3.97. The van der Waals surface area contributed by atoms with Crippen LogP contribution in [0.1, 0.15) is 25.8 Å². The van der Waals surface area contributed by atoms with Crippen LogP contribution in [0.4, 0.5) is 0 Å². The van der Waals surface area contributed by atoms with Gasteiger partial charge >= 0.3 is 5.97 Å². The number of nitrogens with two attached hydrogens (primary N) is 2. The molecule has 0 aliphatic rings. The van der Waals surface area contributed by atoms with Gasteiger partial charge in [0.05, 0.1) is 18.6 Å². The number of carboxylic acid groups (broad SMARTS) is 1. The molecule has 0 saturated heterocycles. The lowest BCUT2D eigenvalue weighted by Gasteiger charge is -2.25. The van der Waals surface area contributed by atoms with E-state index in [2.05, 4.69) is 20.9 Å². The molecule has 0 aliphatic heterocycles. The van der Waals surface area contributed by atoms with E-state index < -0.39 is 66.3 Å². The van der Waals surface area contributed by atoms with Crippen molar-refractivity contribution >= 4 is 40.5 Å². The Morgan fingerprint density at radius 2 is 1.66 bits per heavy atom. The highest BCUT2D eigenvalue weighted by atomic mass is 16.4. The number of carbonyl (C=O) groups is 5. The molecule has 1 heterocycles. The van der Waals surface area contributed by atoms with Gasteiger partial charge in [-0.3, -0.25) is 24.0 Å². The number of primary amides is 1. The summed E-state index contributed by atoms with van der Waals surface area (Å²) in [7, 11) is 0. The molecule has 5 atom stereocenters. The number of hydrogen-bond acceptors (Lipinski definition) is 7. The van der Waals surface area contributed by atoms with E-state index in [1.807, 2.05) is 24.3 Å². The van der Waals surface area contributed by atoms with Gasteiger partial charge in [0.1, 0.15) is 18.1 Å². The van der Waals surface area contributed by atoms with Gasteiger partial charge in [0.25, 0.3) is 0 Å². The molecule has 190 valence electrons. The van der Waals surface area contributed by atoms with Gasteiger partial charge in [-0.1, -0.05) is 18.2 Å². The summed E-state index contributed by atoms with van der Waals surface area (Å²) in [5.41, 5.74) is 12.8. The zero-order chi connectivity index (χ0) is 26.3. The summed E-state index contributed by atoms with van der Waals surface area (Å²) in [4.78, 5) is 63.2. The topological polar surface area (TPSA) is 230 Å². The van der Waals surface area contributed by atoms with Crippen molar-refractivity contribution in [2.75, 3.05) is 0 Å². The number of benzene rings is 1. The summed E-state index contributed by atoms with van der Waals surface area (Å²) in [5.74, 6) is -4.96. The third kappa shape index (κ3) is 7.52. The number of aromatic nitrogens is 1. The van der Waals surface area contributed by atoms with E-state index in [1.165, 1.54) is 13.8 Å². The van der Waals surface area contributed by atoms with Crippen molar-refractivity contribution in [2.45, 2.75) is 57.0 Å². The molecule has 2 aromatic rings. The van der Waals surface area contributed by atoms with Gasteiger partial charge < -0.3 is 42.6 Å². The van der Waals surface area contributed by atoms with E-state index in [4.69, 9.17) is 16.6 Å². The number of aliphatic hydroxyl groups is 1. The summed E-state index contributed by atoms with van der Waals surface area (Å²) in [6.07, 6.45) is -0.162. The van der Waals surface area contributed by atoms with Crippen molar-refractivity contribution in [1.82, 2.24) is 20.9 Å². The SMILES string of the molecule is CC(NC(=O)C(CC(N)=O)NC(=O)C(NC(=O)C(N)Cc1c[nH]c2ccccc12)C(C)O)C(=O)O. The van der Waals surface area contributed by atoms with Crippen LogP contribution >= 0.6 is 0 Å². The van der Waals surface area contributed by atoms with Crippen LogP contribution in [0.15, 0.2) is 30.5 Å². The maximum absolute atomic E-state index is 12.8. The lowest BCUT2D eigenvalue weighted by molar-refractivity contribution is -0.142. The smallest absolute Gasteiger partial charge is 0.325 e. The number of nitrogens with one attached hydrogen (secondary N) is 4. The molecule has 0 saturated carbocycles. The number of aliphatic carboxylic acids is 1. The molecular formula is C22H30N6O7. The van der Waals surface area contributed by atoms with E-state index in [-0.39, 0.29) is 6.42 Å². The number of carbonyl (C=O) groups excluding carboxylic acids is 4. The molecule has 0 radical (unpaired) electrons. The first-order valence-electron chi connectivity index (χ1n) is 10.8. The molecule has 13 heteroatoms. The maximum atomic E-state index is 12.8. The predicted molar refractivity (Wildman–Crippen MR) is 125 cm³/mol. The summed E-state index contributed by atoms with van der Waals surface area (Å²) in [5, 5.41) is 26.6. The Kier molecular flexibility index (Phi) is 9.31. The predicted octanol–water partition coefficient (Wildman–Crippen LogP) is -2.15. The largest absolute Gasteiger partial charge is 0.480 e. The number of para-hydroxylation sites is 1. The zero-order valence-electron chi connectivity index (χ0n) is 19.3. The number of rotatable bonds is 12. The van der Waals surface area contributed by atoms with Crippen LogP contribution < -0.4 is 27.4 Å². The van der Waals surface area contributed by atoms with Crippen molar-refractivity contribution in [2.24, 2.45) is 11.5 Å². The molecule has 10 N–H and O–H groups in total. The van der Waals surface area contributed by atoms with Gasteiger partial charge in [0, 0.05) is 17.1 Å². The molecule has 35 heavy (non-hydrogen) atoms. The third-order valence-electron chi connectivity index (χ3n) is 5.28. The fourth-order valence-corrected chi connectivity index (χ4v) is 3.34. The Bertz CT molecular complexity index is 1100. The minimum Gasteiger partial charge on any atom is -0.480 e. The van der Waals surface area contributed by atoms with Crippen LogP contribution in [0.3, 0.4) is 0 Å². The lowest BCUT2D eigenvalue weighted by atomic mass is 10.0. The number of fused-ring (bicyclic) bond motifs is 1.